The summed E-state index contributed by atoms with van der Waals surface area (Å²) in [7, 11) is 0. The quantitative estimate of drug-likeness (QED) is 0.197. The third-order valence-corrected chi connectivity index (χ3v) is 9.62. The summed E-state index contributed by atoms with van der Waals surface area (Å²) in [5.74, 6) is 0.778. The molecule has 0 fully saturated rings. The Kier molecular flexibility index (Phi) is 5.71. The minimum absolute atomic E-state index is 0.228. The van der Waals surface area contributed by atoms with Crippen LogP contribution in [0.5, 0.6) is 0 Å². The van der Waals surface area contributed by atoms with Crippen LogP contribution in [0, 0.1) is 0 Å². The number of aromatic nitrogens is 1. The second kappa shape index (κ2) is 10.2. The zero-order valence-corrected chi connectivity index (χ0v) is 25.3. The van der Waals surface area contributed by atoms with E-state index >= 15 is 0 Å². The van der Waals surface area contributed by atoms with Crippen LogP contribution in [0.25, 0.3) is 65.0 Å². The van der Waals surface area contributed by atoms with Crippen LogP contribution in [0.3, 0.4) is 0 Å². The maximum Gasteiger partial charge on any atom is 0.154 e. The lowest BCUT2D eigenvalue weighted by atomic mass is 9.93. The predicted molar refractivity (Wildman–Crippen MR) is 193 cm³/mol. The predicted octanol–water partition coefficient (Wildman–Crippen LogP) is 9.93. The van der Waals surface area contributed by atoms with E-state index in [0.717, 1.165) is 44.5 Å². The van der Waals surface area contributed by atoms with Crippen LogP contribution in [0.1, 0.15) is 29.0 Å². The molecule has 0 aliphatic carbocycles. The molecule has 3 heterocycles. The number of amidine groups is 1. The van der Waals surface area contributed by atoms with Crippen LogP contribution in [0.4, 0.5) is 0 Å². The molecule has 5 nitrogen and oxygen atoms in total. The highest BCUT2D eigenvalue weighted by atomic mass is 16.3. The smallest absolute Gasteiger partial charge is 0.154 e. The number of nitrogens with zero attached hydrogens (tertiary/aromatic N) is 2. The monoisotopic (exact) mass is 604 g/mol. The van der Waals surface area contributed by atoms with E-state index in [0.29, 0.717) is 0 Å². The Morgan fingerprint density at radius 2 is 1.23 bits per heavy atom. The highest BCUT2D eigenvalue weighted by Crippen LogP contribution is 2.37. The maximum atomic E-state index is 6.22. The van der Waals surface area contributed by atoms with Crippen LogP contribution in [0.2, 0.25) is 0 Å². The van der Waals surface area contributed by atoms with Gasteiger partial charge < -0.3 is 9.73 Å². The van der Waals surface area contributed by atoms with E-state index in [4.69, 9.17) is 9.41 Å². The van der Waals surface area contributed by atoms with Crippen LogP contribution in [0.15, 0.2) is 155 Å². The summed E-state index contributed by atoms with van der Waals surface area (Å²) in [6.45, 7) is 0. The molecule has 0 spiro atoms. The molecule has 1 aliphatic rings. The number of rotatable bonds is 3. The van der Waals surface area contributed by atoms with E-state index in [1.54, 1.807) is 6.20 Å². The Morgan fingerprint density at radius 1 is 0.532 bits per heavy atom. The standard InChI is InChI=1S/C42H28N4O/c1-2-10-27-22-28(17-16-25(27)8-1)40-44-41(46-42(45-40)36-23-43-24-38-39(36)35-12-5-6-15-37(35)47-38)34-14-7-13-30-32-19-18-26-9-3-4-11-29(26)31(32)20-21-33(30)34/h1-24,40-41,44H,(H,45,46). The second-order valence-corrected chi connectivity index (χ2v) is 12.3. The van der Waals surface area contributed by atoms with Gasteiger partial charge in [0.25, 0.3) is 0 Å². The molecule has 222 valence electrons. The van der Waals surface area contributed by atoms with Gasteiger partial charge in [-0.05, 0) is 66.3 Å². The SMILES string of the molecule is c1ccc2cc(C3N=C(c4cncc5oc6ccccc6c45)NC(c4cccc5c4ccc4c6ccccc6ccc54)N3)ccc2c1. The summed E-state index contributed by atoms with van der Waals surface area (Å²) >= 11 is 0. The van der Waals surface area contributed by atoms with Gasteiger partial charge in [0.1, 0.15) is 23.8 Å². The normalized spacial score (nSPS) is 16.7. The third-order valence-electron chi connectivity index (χ3n) is 9.62. The summed E-state index contributed by atoms with van der Waals surface area (Å²) in [5, 5.41) is 19.6. The highest BCUT2D eigenvalue weighted by molar-refractivity contribution is 6.19. The maximum absolute atomic E-state index is 6.22. The van der Waals surface area contributed by atoms with E-state index in [2.05, 4.69) is 131 Å². The van der Waals surface area contributed by atoms with Crippen molar-refractivity contribution in [1.82, 2.24) is 15.6 Å². The van der Waals surface area contributed by atoms with Gasteiger partial charge in [-0.2, -0.15) is 0 Å². The number of pyridine rings is 1. The summed E-state index contributed by atoms with van der Waals surface area (Å²) in [6.07, 6.45) is 3.17. The van der Waals surface area contributed by atoms with Gasteiger partial charge >= 0.3 is 0 Å². The summed E-state index contributed by atoms with van der Waals surface area (Å²) in [4.78, 5) is 9.91. The number of benzene rings is 7. The molecule has 0 saturated heterocycles. The molecule has 1 aliphatic heterocycles. The molecular weight excluding hydrogens is 576 g/mol. The Bertz CT molecular complexity index is 2730. The molecule has 0 bridgehead atoms. The summed E-state index contributed by atoms with van der Waals surface area (Å²) in [5.41, 5.74) is 4.76. The minimum atomic E-state index is -0.297. The van der Waals surface area contributed by atoms with Gasteiger partial charge in [0.2, 0.25) is 0 Å². The number of furan rings is 1. The Morgan fingerprint density at radius 3 is 2.17 bits per heavy atom. The van der Waals surface area contributed by atoms with Crippen molar-refractivity contribution in [3.63, 3.8) is 0 Å². The van der Waals surface area contributed by atoms with Gasteiger partial charge in [-0.1, -0.05) is 121 Å². The molecule has 10 rings (SSSR count). The number of hydrogen-bond acceptors (Lipinski definition) is 5. The van der Waals surface area contributed by atoms with Crippen molar-refractivity contribution in [3.8, 4) is 0 Å². The second-order valence-electron chi connectivity index (χ2n) is 12.3. The van der Waals surface area contributed by atoms with Crippen molar-refractivity contribution in [3.05, 3.63) is 163 Å². The lowest BCUT2D eigenvalue weighted by Crippen LogP contribution is -2.45. The molecule has 2 unspecified atom stereocenters. The zero-order valence-electron chi connectivity index (χ0n) is 25.3. The summed E-state index contributed by atoms with van der Waals surface area (Å²) < 4.78 is 6.22. The first-order chi connectivity index (χ1) is 23.3. The lowest BCUT2D eigenvalue weighted by molar-refractivity contribution is 0.411. The van der Waals surface area contributed by atoms with Crippen LogP contribution in [-0.2, 0) is 0 Å². The molecule has 9 aromatic rings. The number of aliphatic imine (C=N–C) groups is 1. The Labute approximate surface area is 270 Å². The first kappa shape index (κ1) is 26.2. The van der Waals surface area contributed by atoms with Gasteiger partial charge in [-0.3, -0.25) is 10.3 Å². The van der Waals surface area contributed by atoms with Crippen molar-refractivity contribution >= 4 is 70.9 Å². The van der Waals surface area contributed by atoms with E-state index in [-0.39, 0.29) is 12.3 Å². The van der Waals surface area contributed by atoms with E-state index in [1.807, 2.05) is 24.4 Å². The molecule has 47 heavy (non-hydrogen) atoms. The topological polar surface area (TPSA) is 62.5 Å². The number of nitrogens with one attached hydrogen (secondary N) is 2. The van der Waals surface area contributed by atoms with Gasteiger partial charge in [-0.25, -0.2) is 4.99 Å². The molecule has 0 radical (unpaired) electrons. The largest absolute Gasteiger partial charge is 0.454 e. The average Bonchev–Trinajstić information content (AvgIpc) is 3.53. The fourth-order valence-electron chi connectivity index (χ4n) is 7.39. The van der Waals surface area contributed by atoms with Crippen molar-refractivity contribution in [2.24, 2.45) is 4.99 Å². The van der Waals surface area contributed by atoms with Crippen molar-refractivity contribution in [1.29, 1.82) is 0 Å². The zero-order chi connectivity index (χ0) is 30.9. The first-order valence-corrected chi connectivity index (χ1v) is 16.0. The van der Waals surface area contributed by atoms with Crippen molar-refractivity contribution in [2.45, 2.75) is 12.3 Å². The van der Waals surface area contributed by atoms with Gasteiger partial charge in [0.15, 0.2) is 5.58 Å². The van der Waals surface area contributed by atoms with Gasteiger partial charge in [0.05, 0.1) is 6.20 Å². The number of fused-ring (bicyclic) bond motifs is 9. The van der Waals surface area contributed by atoms with Crippen LogP contribution in [-0.4, -0.2) is 10.8 Å². The molecule has 2 aromatic heterocycles. The Hall–Kier alpha value is -6.04. The van der Waals surface area contributed by atoms with E-state index in [9.17, 15) is 0 Å². The fraction of sp³-hybridized carbons (Fsp3) is 0.0476. The fourth-order valence-corrected chi connectivity index (χ4v) is 7.39. The lowest BCUT2D eigenvalue weighted by Gasteiger charge is -2.33. The van der Waals surface area contributed by atoms with Gasteiger partial charge in [-0.15, -0.1) is 0 Å². The average molecular weight is 605 g/mol. The molecule has 0 saturated carbocycles. The molecule has 7 aromatic carbocycles. The van der Waals surface area contributed by atoms with Crippen LogP contribution >= 0.6 is 0 Å². The minimum Gasteiger partial charge on any atom is -0.454 e. The molecule has 2 atom stereocenters. The Balaban J connectivity index is 1.17. The summed E-state index contributed by atoms with van der Waals surface area (Å²) in [6, 6.07) is 47.4. The number of hydrogen-bond donors (Lipinski definition) is 2. The molecular formula is C42H28N4O. The van der Waals surface area contributed by atoms with Crippen LogP contribution < -0.4 is 10.6 Å². The van der Waals surface area contributed by atoms with E-state index < -0.39 is 0 Å². The first-order valence-electron chi connectivity index (χ1n) is 16.0. The van der Waals surface area contributed by atoms with Crippen molar-refractivity contribution < 1.29 is 4.42 Å². The molecule has 2 N–H and O–H groups in total. The third kappa shape index (κ3) is 4.14. The van der Waals surface area contributed by atoms with Crippen molar-refractivity contribution in [2.75, 3.05) is 0 Å². The molecule has 5 heteroatoms. The highest BCUT2D eigenvalue weighted by Gasteiger charge is 2.28. The van der Waals surface area contributed by atoms with Gasteiger partial charge in [0, 0.05) is 22.5 Å². The molecule has 0 amide bonds. The number of para-hydroxylation sites is 1. The van der Waals surface area contributed by atoms with E-state index in [1.165, 1.54) is 43.1 Å².